The molecule has 0 saturated heterocycles. The average molecular weight is 734 g/mol. The first-order valence-electron chi connectivity index (χ1n) is 20.0. The Hall–Kier alpha value is -5.94. The predicted molar refractivity (Wildman–Crippen MR) is 236 cm³/mol. The number of aromatic nitrogens is 1. The largest absolute Gasteiger partial charge is 0.361 e. The highest BCUT2D eigenvalue weighted by Gasteiger charge is 2.46. The first kappa shape index (κ1) is 34.5. The summed E-state index contributed by atoms with van der Waals surface area (Å²) >= 11 is 0. The quantitative estimate of drug-likeness (QED) is 0.179. The number of nitrogens with zero attached hydrogens (tertiary/aromatic N) is 5. The first-order chi connectivity index (χ1) is 26.8. The van der Waals surface area contributed by atoms with E-state index >= 15 is 0 Å². The Kier molecular flexibility index (Phi) is 7.42. The van der Waals surface area contributed by atoms with E-state index in [1.54, 1.807) is 0 Å². The summed E-state index contributed by atoms with van der Waals surface area (Å²) in [6.45, 7) is 15.6. The molecule has 10 rings (SSSR count). The molecule has 5 heteroatoms. The van der Waals surface area contributed by atoms with Crippen molar-refractivity contribution < 1.29 is 0 Å². The van der Waals surface area contributed by atoms with Crippen LogP contribution in [0.1, 0.15) is 74.9 Å². The number of fused-ring (bicyclic) bond motifs is 6. The minimum Gasteiger partial charge on any atom is -0.361 e. The Bertz CT molecular complexity index is 2720. The smallest absolute Gasteiger partial charge is 0.0950 e. The van der Waals surface area contributed by atoms with E-state index in [1.165, 1.54) is 83.6 Å². The summed E-state index contributed by atoms with van der Waals surface area (Å²) in [6, 6.07) is 49.0. The molecule has 6 aromatic carbocycles. The van der Waals surface area contributed by atoms with Gasteiger partial charge in [0.1, 0.15) is 0 Å². The van der Waals surface area contributed by atoms with Crippen LogP contribution in [-0.2, 0) is 16.2 Å². The molecule has 56 heavy (non-hydrogen) atoms. The minimum atomic E-state index is -0.639. The lowest BCUT2D eigenvalue weighted by Gasteiger charge is -2.43. The van der Waals surface area contributed by atoms with Gasteiger partial charge in [-0.25, -0.2) is 0 Å². The summed E-state index contributed by atoms with van der Waals surface area (Å²) in [5.74, 6) is 0. The molecule has 0 aliphatic carbocycles. The van der Waals surface area contributed by atoms with Crippen LogP contribution in [-0.4, -0.2) is 36.9 Å². The van der Waals surface area contributed by atoms with Gasteiger partial charge in [-0.1, -0.05) is 114 Å². The van der Waals surface area contributed by atoms with E-state index < -0.39 is 5.41 Å². The van der Waals surface area contributed by atoms with Crippen LogP contribution >= 0.6 is 0 Å². The van der Waals surface area contributed by atoms with E-state index in [0.717, 1.165) is 13.3 Å². The zero-order valence-electron chi connectivity index (χ0n) is 33.9. The molecule has 280 valence electrons. The van der Waals surface area contributed by atoms with Crippen LogP contribution in [0, 0.1) is 0 Å². The van der Waals surface area contributed by atoms with Crippen LogP contribution < -0.4 is 14.7 Å². The van der Waals surface area contributed by atoms with Gasteiger partial charge in [-0.05, 0) is 98.8 Å². The van der Waals surface area contributed by atoms with Crippen molar-refractivity contribution in [1.29, 1.82) is 0 Å². The molecule has 0 amide bonds. The van der Waals surface area contributed by atoms with E-state index in [1.807, 2.05) is 0 Å². The van der Waals surface area contributed by atoms with E-state index in [0.29, 0.717) is 0 Å². The molecule has 0 fully saturated rings. The fraction of sp³-hybridized carbons (Fsp3) is 0.255. The van der Waals surface area contributed by atoms with E-state index in [-0.39, 0.29) is 10.8 Å². The normalized spacial score (nSPS) is 17.7. The number of anilines is 4. The van der Waals surface area contributed by atoms with Crippen LogP contribution in [0.2, 0.25) is 0 Å². The zero-order valence-corrected chi connectivity index (χ0v) is 33.9. The van der Waals surface area contributed by atoms with Gasteiger partial charge in [-0.3, -0.25) is 0 Å². The standard InChI is InChI=1S/C51H51N5/c1-49(2,3)35-21-23-44-41(30-35)40-17-14-18-42-48(40)56(44)45-24-22-38(55-33-53(8)46-19-12-13-20-47(46)55)31-43(45)51(42,34-15-10-9-11-16-34)37-27-36(50(4,5)6)28-39(29-37)54-26-25-52(7)32-54/h9-31H,32-33H2,1-8H3. The average Bonchev–Trinajstić information content (AvgIpc) is 3.88. The molecule has 1 unspecified atom stereocenters. The van der Waals surface area contributed by atoms with Gasteiger partial charge >= 0.3 is 0 Å². The summed E-state index contributed by atoms with van der Waals surface area (Å²) in [6.07, 6.45) is 4.40. The lowest BCUT2D eigenvalue weighted by Crippen LogP contribution is -2.36. The third-order valence-corrected chi connectivity index (χ3v) is 12.6. The molecule has 0 saturated carbocycles. The fourth-order valence-electron chi connectivity index (χ4n) is 9.62. The molecule has 3 aliphatic rings. The maximum Gasteiger partial charge on any atom is 0.0950 e. The zero-order chi connectivity index (χ0) is 38.7. The van der Waals surface area contributed by atoms with Crippen LogP contribution in [0.3, 0.4) is 0 Å². The molecule has 1 atom stereocenters. The van der Waals surface area contributed by atoms with Crippen molar-refractivity contribution >= 4 is 44.6 Å². The van der Waals surface area contributed by atoms with E-state index in [9.17, 15) is 0 Å². The molecule has 4 heterocycles. The molecular formula is C51H51N5. The molecule has 0 bridgehead atoms. The van der Waals surface area contributed by atoms with Gasteiger partial charge in [0, 0.05) is 48.6 Å². The second-order valence-electron chi connectivity index (χ2n) is 18.3. The van der Waals surface area contributed by atoms with Gasteiger partial charge in [0.15, 0.2) is 0 Å². The third kappa shape index (κ3) is 4.99. The molecule has 1 aromatic heterocycles. The summed E-state index contributed by atoms with van der Waals surface area (Å²) < 4.78 is 2.57. The summed E-state index contributed by atoms with van der Waals surface area (Å²) in [7, 11) is 4.34. The van der Waals surface area contributed by atoms with E-state index in [4.69, 9.17) is 0 Å². The molecule has 7 aromatic rings. The van der Waals surface area contributed by atoms with Crippen molar-refractivity contribution in [2.75, 3.05) is 42.1 Å². The lowest BCUT2D eigenvalue weighted by atomic mass is 9.62. The van der Waals surface area contributed by atoms with Crippen molar-refractivity contribution in [2.45, 2.75) is 57.8 Å². The van der Waals surface area contributed by atoms with Crippen LogP contribution in [0.25, 0.3) is 27.5 Å². The topological polar surface area (TPSA) is 17.9 Å². The Balaban J connectivity index is 1.37. The number of rotatable bonds is 4. The summed E-state index contributed by atoms with van der Waals surface area (Å²) in [5.41, 5.74) is 15.8. The molecule has 3 aliphatic heterocycles. The second-order valence-corrected chi connectivity index (χ2v) is 18.3. The maximum absolute atomic E-state index is 2.57. The maximum atomic E-state index is 2.57. The van der Waals surface area contributed by atoms with Crippen LogP contribution in [0.15, 0.2) is 140 Å². The highest BCUT2D eigenvalue weighted by atomic mass is 15.4. The molecule has 5 nitrogen and oxygen atoms in total. The Labute approximate surface area is 331 Å². The van der Waals surface area contributed by atoms with Crippen LogP contribution in [0.5, 0.6) is 0 Å². The van der Waals surface area contributed by atoms with Crippen molar-refractivity contribution in [3.63, 3.8) is 0 Å². The highest BCUT2D eigenvalue weighted by molar-refractivity contribution is 6.12. The number of hydrogen-bond acceptors (Lipinski definition) is 4. The molecule has 0 N–H and O–H groups in total. The van der Waals surface area contributed by atoms with E-state index in [2.05, 4.69) is 220 Å². The van der Waals surface area contributed by atoms with Gasteiger partial charge < -0.3 is 24.2 Å². The van der Waals surface area contributed by atoms with Crippen molar-refractivity contribution in [3.05, 3.63) is 173 Å². The summed E-state index contributed by atoms with van der Waals surface area (Å²) in [5, 5.41) is 2.60. The first-order valence-corrected chi connectivity index (χ1v) is 20.0. The number of benzene rings is 6. The van der Waals surface area contributed by atoms with Gasteiger partial charge in [-0.15, -0.1) is 0 Å². The van der Waals surface area contributed by atoms with Gasteiger partial charge in [0.25, 0.3) is 0 Å². The Morgan fingerprint density at radius 1 is 0.518 bits per heavy atom. The fourth-order valence-corrected chi connectivity index (χ4v) is 9.62. The monoisotopic (exact) mass is 733 g/mol. The predicted octanol–water partition coefficient (Wildman–Crippen LogP) is 11.8. The second kappa shape index (κ2) is 12.0. The molecule has 0 spiro atoms. The van der Waals surface area contributed by atoms with Gasteiger partial charge in [0.2, 0.25) is 0 Å². The molecular weight excluding hydrogens is 683 g/mol. The SMILES string of the molecule is CN1C=CN(c2cc(C(C)(C)C)cc(C3(c4ccccc4)c4cc(N5CN(C)c6ccccc65)ccc4-n4c5ccc(C(C)(C)C)cc5c5cccc3c54)c2)C1. The Morgan fingerprint density at radius 2 is 1.27 bits per heavy atom. The number of para-hydroxylation sites is 3. The lowest BCUT2D eigenvalue weighted by molar-refractivity contribution is 0.495. The summed E-state index contributed by atoms with van der Waals surface area (Å²) in [4.78, 5) is 9.46. The minimum absolute atomic E-state index is 0.0298. The van der Waals surface area contributed by atoms with Crippen molar-refractivity contribution in [2.24, 2.45) is 0 Å². The molecule has 0 radical (unpaired) electrons. The van der Waals surface area contributed by atoms with Crippen molar-refractivity contribution in [1.82, 2.24) is 9.47 Å². The van der Waals surface area contributed by atoms with Crippen LogP contribution in [0.4, 0.5) is 22.7 Å². The van der Waals surface area contributed by atoms with Gasteiger partial charge in [0.05, 0.1) is 46.8 Å². The third-order valence-electron chi connectivity index (χ3n) is 12.6. The van der Waals surface area contributed by atoms with Gasteiger partial charge in [-0.2, -0.15) is 0 Å². The van der Waals surface area contributed by atoms with Crippen molar-refractivity contribution in [3.8, 4) is 5.69 Å². The number of hydrogen-bond donors (Lipinski definition) is 0. The Morgan fingerprint density at radius 3 is 2.00 bits per heavy atom. The highest BCUT2D eigenvalue weighted by Crippen LogP contribution is 2.56.